The van der Waals surface area contributed by atoms with E-state index in [0.717, 1.165) is 5.56 Å². The maximum Gasteiger partial charge on any atom is 0.168 e. The topological polar surface area (TPSA) is 73.8 Å². The minimum atomic E-state index is 0.0362. The maximum absolute atomic E-state index is 11.9. The average Bonchev–Trinajstić information content (AvgIpc) is 2.75. The van der Waals surface area contributed by atoms with Crippen LogP contribution in [0.25, 0.3) is 0 Å². The SMILES string of the molecule is Cn1cc(CC(=O)c2ccc(CN)cc2)nn1. The highest BCUT2D eigenvalue weighted by molar-refractivity contribution is 5.97. The Hall–Kier alpha value is -2.01. The number of benzene rings is 1. The molecular weight excluding hydrogens is 216 g/mol. The van der Waals surface area contributed by atoms with E-state index in [2.05, 4.69) is 10.3 Å². The molecule has 5 nitrogen and oxygen atoms in total. The highest BCUT2D eigenvalue weighted by Gasteiger charge is 2.09. The summed E-state index contributed by atoms with van der Waals surface area (Å²) in [6.45, 7) is 0.485. The van der Waals surface area contributed by atoms with Crippen LogP contribution in [0.5, 0.6) is 0 Å². The van der Waals surface area contributed by atoms with E-state index in [1.807, 2.05) is 12.1 Å². The van der Waals surface area contributed by atoms with Crippen LogP contribution in [0.1, 0.15) is 21.6 Å². The summed E-state index contributed by atoms with van der Waals surface area (Å²) in [4.78, 5) is 11.9. The molecule has 1 aromatic carbocycles. The summed E-state index contributed by atoms with van der Waals surface area (Å²) in [5.41, 5.74) is 7.87. The van der Waals surface area contributed by atoms with E-state index in [4.69, 9.17) is 5.73 Å². The van der Waals surface area contributed by atoms with Crippen LogP contribution in [-0.2, 0) is 20.0 Å². The van der Waals surface area contributed by atoms with Crippen molar-refractivity contribution in [2.24, 2.45) is 12.8 Å². The van der Waals surface area contributed by atoms with Gasteiger partial charge in [0, 0.05) is 25.4 Å². The van der Waals surface area contributed by atoms with Gasteiger partial charge in [0.25, 0.3) is 0 Å². The van der Waals surface area contributed by atoms with Gasteiger partial charge >= 0.3 is 0 Å². The number of hydrogen-bond acceptors (Lipinski definition) is 4. The van der Waals surface area contributed by atoms with E-state index in [9.17, 15) is 4.79 Å². The summed E-state index contributed by atoms with van der Waals surface area (Å²) < 4.78 is 1.58. The first kappa shape index (κ1) is 11.5. The number of carbonyl (C=O) groups excluding carboxylic acids is 1. The lowest BCUT2D eigenvalue weighted by Crippen LogP contribution is -2.04. The lowest BCUT2D eigenvalue weighted by atomic mass is 10.1. The van der Waals surface area contributed by atoms with Gasteiger partial charge in [-0.3, -0.25) is 9.48 Å². The van der Waals surface area contributed by atoms with Crippen LogP contribution in [0.4, 0.5) is 0 Å². The molecule has 0 spiro atoms. The van der Waals surface area contributed by atoms with Crippen LogP contribution in [0, 0.1) is 0 Å². The second kappa shape index (κ2) is 4.88. The van der Waals surface area contributed by atoms with Gasteiger partial charge in [0.2, 0.25) is 0 Å². The molecule has 0 saturated carbocycles. The lowest BCUT2D eigenvalue weighted by molar-refractivity contribution is 0.0992. The van der Waals surface area contributed by atoms with E-state index in [0.29, 0.717) is 17.8 Å². The first-order valence-corrected chi connectivity index (χ1v) is 5.36. The van der Waals surface area contributed by atoms with Gasteiger partial charge < -0.3 is 5.73 Å². The van der Waals surface area contributed by atoms with Crippen molar-refractivity contribution in [2.45, 2.75) is 13.0 Å². The van der Waals surface area contributed by atoms with Gasteiger partial charge in [0.05, 0.1) is 12.1 Å². The molecule has 0 unspecified atom stereocenters. The van der Waals surface area contributed by atoms with Crippen molar-refractivity contribution in [3.63, 3.8) is 0 Å². The Morgan fingerprint density at radius 3 is 2.59 bits per heavy atom. The number of nitrogens with two attached hydrogens (primary N) is 1. The molecule has 2 rings (SSSR count). The van der Waals surface area contributed by atoms with Gasteiger partial charge in [-0.2, -0.15) is 0 Å². The molecule has 17 heavy (non-hydrogen) atoms. The van der Waals surface area contributed by atoms with Gasteiger partial charge in [0.1, 0.15) is 0 Å². The molecule has 0 amide bonds. The molecule has 0 radical (unpaired) electrons. The monoisotopic (exact) mass is 230 g/mol. The fourth-order valence-corrected chi connectivity index (χ4v) is 1.57. The third-order valence-electron chi connectivity index (χ3n) is 2.50. The summed E-state index contributed by atoms with van der Waals surface area (Å²) >= 11 is 0. The van der Waals surface area contributed by atoms with Crippen molar-refractivity contribution in [1.82, 2.24) is 15.0 Å². The van der Waals surface area contributed by atoms with Gasteiger partial charge in [-0.05, 0) is 5.56 Å². The number of ketones is 1. The number of nitrogens with zero attached hydrogens (tertiary/aromatic N) is 3. The van der Waals surface area contributed by atoms with Crippen LogP contribution < -0.4 is 5.73 Å². The zero-order valence-electron chi connectivity index (χ0n) is 9.63. The molecule has 5 heteroatoms. The number of hydrogen-bond donors (Lipinski definition) is 1. The first-order chi connectivity index (χ1) is 8.19. The minimum absolute atomic E-state index is 0.0362. The van der Waals surface area contributed by atoms with Gasteiger partial charge in [0.15, 0.2) is 5.78 Å². The summed E-state index contributed by atoms with van der Waals surface area (Å²) in [5.74, 6) is 0.0362. The number of Topliss-reactive ketones (excluding diaryl/α,β-unsaturated/α-hetero) is 1. The Morgan fingerprint density at radius 1 is 1.35 bits per heavy atom. The summed E-state index contributed by atoms with van der Waals surface area (Å²) in [7, 11) is 1.77. The summed E-state index contributed by atoms with van der Waals surface area (Å²) in [5, 5.41) is 7.68. The van der Waals surface area contributed by atoms with Crippen molar-refractivity contribution >= 4 is 5.78 Å². The quantitative estimate of drug-likeness (QED) is 0.784. The fourth-order valence-electron chi connectivity index (χ4n) is 1.57. The lowest BCUT2D eigenvalue weighted by Gasteiger charge is -2.00. The second-order valence-corrected chi connectivity index (χ2v) is 3.88. The average molecular weight is 230 g/mol. The molecule has 0 aliphatic carbocycles. The Labute approximate surface area is 99.2 Å². The van der Waals surface area contributed by atoms with Crippen molar-refractivity contribution in [3.8, 4) is 0 Å². The number of aryl methyl sites for hydroxylation is 1. The zero-order valence-corrected chi connectivity index (χ0v) is 9.63. The van der Waals surface area contributed by atoms with Crippen LogP contribution in [-0.4, -0.2) is 20.8 Å². The van der Waals surface area contributed by atoms with Crippen molar-refractivity contribution in [1.29, 1.82) is 0 Å². The number of carbonyl (C=O) groups is 1. The third-order valence-corrected chi connectivity index (χ3v) is 2.50. The smallest absolute Gasteiger partial charge is 0.168 e. The summed E-state index contributed by atoms with van der Waals surface area (Å²) in [6.07, 6.45) is 2.02. The number of rotatable bonds is 4. The van der Waals surface area contributed by atoms with E-state index in [1.165, 1.54) is 0 Å². The Bertz CT molecular complexity index is 516. The molecule has 0 atom stereocenters. The van der Waals surface area contributed by atoms with Gasteiger partial charge in [-0.1, -0.05) is 29.5 Å². The van der Waals surface area contributed by atoms with Crippen molar-refractivity contribution < 1.29 is 4.79 Å². The fraction of sp³-hybridized carbons (Fsp3) is 0.250. The van der Waals surface area contributed by atoms with Crippen LogP contribution >= 0.6 is 0 Å². The second-order valence-electron chi connectivity index (χ2n) is 3.88. The van der Waals surface area contributed by atoms with Gasteiger partial charge in [-0.25, -0.2) is 0 Å². The largest absolute Gasteiger partial charge is 0.326 e. The maximum atomic E-state index is 11.9. The molecule has 2 N–H and O–H groups in total. The molecule has 0 aliphatic heterocycles. The Balaban J connectivity index is 2.09. The molecule has 1 aromatic heterocycles. The predicted molar refractivity (Wildman–Crippen MR) is 63.4 cm³/mol. The number of aromatic nitrogens is 3. The Morgan fingerprint density at radius 2 is 2.06 bits per heavy atom. The third kappa shape index (κ3) is 2.76. The van der Waals surface area contributed by atoms with E-state index >= 15 is 0 Å². The molecule has 0 aliphatic rings. The molecule has 1 heterocycles. The van der Waals surface area contributed by atoms with E-state index in [-0.39, 0.29) is 12.2 Å². The van der Waals surface area contributed by atoms with Crippen molar-refractivity contribution in [3.05, 3.63) is 47.3 Å². The molecule has 88 valence electrons. The standard InChI is InChI=1S/C12H14N4O/c1-16-8-11(14-15-16)6-12(17)10-4-2-9(7-13)3-5-10/h2-5,8H,6-7,13H2,1H3. The summed E-state index contributed by atoms with van der Waals surface area (Å²) in [6, 6.07) is 7.32. The molecule has 0 saturated heterocycles. The minimum Gasteiger partial charge on any atom is -0.326 e. The highest BCUT2D eigenvalue weighted by Crippen LogP contribution is 2.07. The molecule has 0 bridgehead atoms. The first-order valence-electron chi connectivity index (χ1n) is 5.36. The van der Waals surface area contributed by atoms with E-state index < -0.39 is 0 Å². The normalized spacial score (nSPS) is 10.5. The molecular formula is C12H14N4O. The van der Waals surface area contributed by atoms with Crippen LogP contribution in [0.3, 0.4) is 0 Å². The van der Waals surface area contributed by atoms with Crippen molar-refractivity contribution in [2.75, 3.05) is 0 Å². The Kier molecular flexibility index (Phi) is 3.30. The molecule has 2 aromatic rings. The van der Waals surface area contributed by atoms with E-state index in [1.54, 1.807) is 30.1 Å². The predicted octanol–water partition coefficient (Wildman–Crippen LogP) is 0.699. The van der Waals surface area contributed by atoms with Crippen LogP contribution in [0.2, 0.25) is 0 Å². The van der Waals surface area contributed by atoms with Crippen LogP contribution in [0.15, 0.2) is 30.5 Å². The van der Waals surface area contributed by atoms with Gasteiger partial charge in [-0.15, -0.1) is 5.10 Å². The molecule has 0 fully saturated rings. The highest BCUT2D eigenvalue weighted by atomic mass is 16.1. The zero-order chi connectivity index (χ0) is 12.3.